The van der Waals surface area contributed by atoms with Gasteiger partial charge in [0.05, 0.1) is 5.92 Å². The Morgan fingerprint density at radius 2 is 1.35 bits per heavy atom. The molecule has 2 aromatic carbocycles. The molecule has 0 atom stereocenters. The van der Waals surface area contributed by atoms with E-state index in [2.05, 4.69) is 0 Å². The Balaban J connectivity index is 1.70. The van der Waals surface area contributed by atoms with E-state index in [0.29, 0.717) is 18.4 Å². The van der Waals surface area contributed by atoms with Crippen molar-refractivity contribution in [3.63, 3.8) is 0 Å². The first-order valence-electron chi connectivity index (χ1n) is 7.84. The molecule has 1 saturated carbocycles. The van der Waals surface area contributed by atoms with E-state index in [1.54, 1.807) is 24.3 Å². The molecule has 116 valence electrons. The molecule has 1 aliphatic rings. The number of hydrogen-bond donors (Lipinski definition) is 0. The van der Waals surface area contributed by atoms with Gasteiger partial charge in [0.2, 0.25) is 0 Å². The minimum Gasteiger partial charge on any atom is -0.299 e. The third-order valence-corrected chi connectivity index (χ3v) is 4.43. The van der Waals surface area contributed by atoms with Crippen LogP contribution in [-0.4, -0.2) is 17.3 Å². The Morgan fingerprint density at radius 3 is 1.91 bits per heavy atom. The van der Waals surface area contributed by atoms with Gasteiger partial charge in [-0.3, -0.25) is 14.4 Å². The number of Topliss-reactive ketones (excluding diaryl/α,β-unsaturated/α-hetero) is 3. The Morgan fingerprint density at radius 1 is 0.826 bits per heavy atom. The lowest BCUT2D eigenvalue weighted by Gasteiger charge is -2.26. The van der Waals surface area contributed by atoms with Crippen molar-refractivity contribution in [2.24, 2.45) is 5.92 Å². The molecule has 1 aliphatic carbocycles. The standard InChI is InChI=1S/C20H18O3/c21-18(15-9-5-2-6-10-15)13-17-19(22)11-16(12-20(17)23)14-7-3-1-4-8-14/h1-10,16-17H,11-13H2. The number of ketones is 3. The molecule has 0 aromatic heterocycles. The molecule has 0 aliphatic heterocycles. The van der Waals surface area contributed by atoms with Crippen molar-refractivity contribution in [3.05, 3.63) is 71.8 Å². The normalized spacial score (nSPS) is 21.2. The van der Waals surface area contributed by atoms with Gasteiger partial charge in [0.1, 0.15) is 11.6 Å². The van der Waals surface area contributed by atoms with Gasteiger partial charge >= 0.3 is 0 Å². The Hall–Kier alpha value is -2.55. The third kappa shape index (κ3) is 3.45. The second kappa shape index (κ2) is 6.69. The summed E-state index contributed by atoms with van der Waals surface area (Å²) in [6.07, 6.45) is 0.661. The van der Waals surface area contributed by atoms with Crippen LogP contribution in [0.15, 0.2) is 60.7 Å². The van der Waals surface area contributed by atoms with Crippen LogP contribution >= 0.6 is 0 Å². The molecule has 2 aromatic rings. The molecule has 0 heterocycles. The van der Waals surface area contributed by atoms with E-state index < -0.39 is 5.92 Å². The van der Waals surface area contributed by atoms with Gasteiger partial charge < -0.3 is 0 Å². The second-order valence-corrected chi connectivity index (χ2v) is 5.99. The molecule has 3 nitrogen and oxygen atoms in total. The van der Waals surface area contributed by atoms with Gasteiger partial charge in [-0.15, -0.1) is 0 Å². The fraction of sp³-hybridized carbons (Fsp3) is 0.250. The first kappa shape index (κ1) is 15.3. The molecule has 23 heavy (non-hydrogen) atoms. The lowest BCUT2D eigenvalue weighted by Crippen LogP contribution is -2.34. The van der Waals surface area contributed by atoms with Gasteiger partial charge in [0.15, 0.2) is 5.78 Å². The second-order valence-electron chi connectivity index (χ2n) is 5.99. The van der Waals surface area contributed by atoms with Gasteiger partial charge in [0.25, 0.3) is 0 Å². The van der Waals surface area contributed by atoms with E-state index in [0.717, 1.165) is 5.56 Å². The summed E-state index contributed by atoms with van der Waals surface area (Å²) in [4.78, 5) is 37.0. The van der Waals surface area contributed by atoms with Crippen LogP contribution in [0.5, 0.6) is 0 Å². The minimum absolute atomic E-state index is 0.0107. The Labute approximate surface area is 135 Å². The van der Waals surface area contributed by atoms with E-state index in [1.807, 2.05) is 36.4 Å². The number of hydrogen-bond acceptors (Lipinski definition) is 3. The van der Waals surface area contributed by atoms with Crippen molar-refractivity contribution >= 4 is 17.3 Å². The van der Waals surface area contributed by atoms with E-state index in [-0.39, 0.29) is 29.7 Å². The van der Waals surface area contributed by atoms with Crippen molar-refractivity contribution < 1.29 is 14.4 Å². The molecule has 0 radical (unpaired) electrons. The van der Waals surface area contributed by atoms with Crippen molar-refractivity contribution in [2.75, 3.05) is 0 Å². The van der Waals surface area contributed by atoms with Gasteiger partial charge in [0, 0.05) is 24.8 Å². The highest BCUT2D eigenvalue weighted by Crippen LogP contribution is 2.33. The number of carbonyl (C=O) groups excluding carboxylic acids is 3. The summed E-state index contributed by atoms with van der Waals surface area (Å²) in [5.41, 5.74) is 1.57. The predicted octanol–water partition coefficient (Wildman–Crippen LogP) is 3.59. The maximum Gasteiger partial charge on any atom is 0.164 e. The summed E-state index contributed by atoms with van der Waals surface area (Å²) < 4.78 is 0. The van der Waals surface area contributed by atoms with Gasteiger partial charge in [-0.05, 0) is 11.5 Å². The van der Waals surface area contributed by atoms with Crippen molar-refractivity contribution in [1.29, 1.82) is 0 Å². The smallest absolute Gasteiger partial charge is 0.164 e. The number of carbonyl (C=O) groups is 3. The van der Waals surface area contributed by atoms with Gasteiger partial charge in [-0.1, -0.05) is 60.7 Å². The summed E-state index contributed by atoms with van der Waals surface area (Å²) in [6.45, 7) is 0. The maximum absolute atomic E-state index is 12.4. The summed E-state index contributed by atoms with van der Waals surface area (Å²) in [5, 5.41) is 0. The maximum atomic E-state index is 12.4. The number of rotatable bonds is 4. The van der Waals surface area contributed by atoms with Crippen LogP contribution in [0.1, 0.15) is 41.1 Å². The molecular formula is C20H18O3. The SMILES string of the molecule is O=C(CC1C(=O)CC(c2ccccc2)CC1=O)c1ccccc1. The van der Waals surface area contributed by atoms with Crippen LogP contribution in [0, 0.1) is 5.92 Å². The minimum atomic E-state index is -0.775. The molecule has 0 amide bonds. The van der Waals surface area contributed by atoms with E-state index in [9.17, 15) is 14.4 Å². The van der Waals surface area contributed by atoms with Crippen LogP contribution in [0.2, 0.25) is 0 Å². The fourth-order valence-electron chi connectivity index (χ4n) is 3.14. The van der Waals surface area contributed by atoms with Crippen molar-refractivity contribution in [3.8, 4) is 0 Å². The van der Waals surface area contributed by atoms with Crippen LogP contribution in [0.3, 0.4) is 0 Å². The highest BCUT2D eigenvalue weighted by Gasteiger charge is 2.37. The van der Waals surface area contributed by atoms with Crippen molar-refractivity contribution in [2.45, 2.75) is 25.2 Å². The summed E-state index contributed by atoms with van der Waals surface area (Å²) in [6, 6.07) is 18.5. The highest BCUT2D eigenvalue weighted by molar-refractivity contribution is 6.10. The molecule has 0 bridgehead atoms. The first-order chi connectivity index (χ1) is 11.1. The third-order valence-electron chi connectivity index (χ3n) is 4.43. The van der Waals surface area contributed by atoms with E-state index in [1.165, 1.54) is 0 Å². The summed E-state index contributed by atoms with van der Waals surface area (Å²) in [7, 11) is 0. The predicted molar refractivity (Wildman–Crippen MR) is 87.3 cm³/mol. The van der Waals surface area contributed by atoms with Crippen LogP contribution < -0.4 is 0 Å². The van der Waals surface area contributed by atoms with Crippen LogP contribution in [0.25, 0.3) is 0 Å². The molecule has 0 spiro atoms. The van der Waals surface area contributed by atoms with Crippen molar-refractivity contribution in [1.82, 2.24) is 0 Å². The molecule has 1 fully saturated rings. The fourth-order valence-corrected chi connectivity index (χ4v) is 3.14. The zero-order valence-corrected chi connectivity index (χ0v) is 12.8. The quantitative estimate of drug-likeness (QED) is 0.640. The zero-order valence-electron chi connectivity index (χ0n) is 12.8. The highest BCUT2D eigenvalue weighted by atomic mass is 16.2. The zero-order chi connectivity index (χ0) is 16.2. The van der Waals surface area contributed by atoms with E-state index in [4.69, 9.17) is 0 Å². The van der Waals surface area contributed by atoms with E-state index >= 15 is 0 Å². The Kier molecular flexibility index (Phi) is 4.47. The lowest BCUT2D eigenvalue weighted by molar-refractivity contribution is -0.136. The molecular weight excluding hydrogens is 288 g/mol. The average Bonchev–Trinajstić information content (AvgIpc) is 2.59. The lowest BCUT2D eigenvalue weighted by atomic mass is 9.75. The average molecular weight is 306 g/mol. The number of benzene rings is 2. The van der Waals surface area contributed by atoms with Gasteiger partial charge in [-0.2, -0.15) is 0 Å². The molecule has 3 heteroatoms. The molecule has 0 saturated heterocycles. The van der Waals surface area contributed by atoms with Gasteiger partial charge in [-0.25, -0.2) is 0 Å². The first-order valence-corrected chi connectivity index (χ1v) is 7.84. The largest absolute Gasteiger partial charge is 0.299 e. The monoisotopic (exact) mass is 306 g/mol. The molecule has 3 rings (SSSR count). The summed E-state index contributed by atoms with van der Waals surface area (Å²) in [5.74, 6) is -1.20. The topological polar surface area (TPSA) is 51.2 Å². The molecule has 0 N–H and O–H groups in total. The Bertz CT molecular complexity index is 701. The summed E-state index contributed by atoms with van der Waals surface area (Å²) >= 11 is 0. The molecule has 0 unspecified atom stereocenters. The van der Waals surface area contributed by atoms with Crippen LogP contribution in [0.4, 0.5) is 0 Å². The van der Waals surface area contributed by atoms with Crippen LogP contribution in [-0.2, 0) is 9.59 Å².